The predicted octanol–water partition coefficient (Wildman–Crippen LogP) is 4.09. The number of alkyl halides is 3. The largest absolute Gasteiger partial charge is 0.419 e. The van der Waals surface area contributed by atoms with Crippen LogP contribution < -0.4 is 10.2 Å². The van der Waals surface area contributed by atoms with Gasteiger partial charge in [0.2, 0.25) is 0 Å². The van der Waals surface area contributed by atoms with Gasteiger partial charge in [-0.05, 0) is 42.3 Å². The third kappa shape index (κ3) is 3.69. The first-order chi connectivity index (χ1) is 10.3. The Balaban J connectivity index is 2.18. The van der Waals surface area contributed by atoms with Gasteiger partial charge < -0.3 is 10.2 Å². The molecule has 0 saturated carbocycles. The van der Waals surface area contributed by atoms with Crippen LogP contribution in [0, 0.1) is 6.92 Å². The highest BCUT2D eigenvalue weighted by Gasteiger charge is 2.33. The molecule has 0 saturated heterocycles. The van der Waals surface area contributed by atoms with Crippen LogP contribution in [0.25, 0.3) is 0 Å². The van der Waals surface area contributed by atoms with Crippen molar-refractivity contribution in [2.45, 2.75) is 19.6 Å². The summed E-state index contributed by atoms with van der Waals surface area (Å²) >= 11 is 0. The molecule has 0 aliphatic carbocycles. The van der Waals surface area contributed by atoms with E-state index in [-0.39, 0.29) is 5.82 Å². The summed E-state index contributed by atoms with van der Waals surface area (Å²) in [5, 5.41) is 2.78. The smallest absolute Gasteiger partial charge is 0.378 e. The van der Waals surface area contributed by atoms with E-state index >= 15 is 0 Å². The van der Waals surface area contributed by atoms with Crippen molar-refractivity contribution in [1.82, 2.24) is 4.98 Å². The Kier molecular flexibility index (Phi) is 4.59. The lowest BCUT2D eigenvalue weighted by atomic mass is 10.1. The zero-order valence-electron chi connectivity index (χ0n) is 12.7. The van der Waals surface area contributed by atoms with Crippen LogP contribution in [0.4, 0.5) is 24.7 Å². The van der Waals surface area contributed by atoms with Crippen LogP contribution in [0.2, 0.25) is 0 Å². The molecule has 1 N–H and O–H groups in total. The van der Waals surface area contributed by atoms with Crippen molar-refractivity contribution in [3.63, 3.8) is 0 Å². The van der Waals surface area contributed by atoms with E-state index in [4.69, 9.17) is 0 Å². The Morgan fingerprint density at radius 1 is 1.18 bits per heavy atom. The molecule has 22 heavy (non-hydrogen) atoms. The minimum atomic E-state index is -4.42. The van der Waals surface area contributed by atoms with Gasteiger partial charge in [0.25, 0.3) is 0 Å². The van der Waals surface area contributed by atoms with E-state index < -0.39 is 11.7 Å². The van der Waals surface area contributed by atoms with Gasteiger partial charge in [0.15, 0.2) is 0 Å². The maximum atomic E-state index is 12.9. The topological polar surface area (TPSA) is 28.2 Å². The van der Waals surface area contributed by atoms with E-state index in [0.29, 0.717) is 6.54 Å². The van der Waals surface area contributed by atoms with E-state index in [1.54, 1.807) is 0 Å². The van der Waals surface area contributed by atoms with E-state index in [0.717, 1.165) is 22.9 Å². The fourth-order valence-electron chi connectivity index (χ4n) is 2.11. The maximum Gasteiger partial charge on any atom is 0.419 e. The van der Waals surface area contributed by atoms with Gasteiger partial charge in [-0.25, -0.2) is 4.98 Å². The first-order valence-corrected chi connectivity index (χ1v) is 6.82. The Labute approximate surface area is 127 Å². The van der Waals surface area contributed by atoms with E-state index in [2.05, 4.69) is 10.3 Å². The summed E-state index contributed by atoms with van der Waals surface area (Å²) in [5.74, 6) is -0.147. The molecular formula is C16H18F3N3. The molecule has 0 bridgehead atoms. The number of rotatable bonds is 4. The summed E-state index contributed by atoms with van der Waals surface area (Å²) in [6, 6.07) is 8.16. The standard InChI is InChI=1S/C16H18F3N3/c1-11-9-13(22(2)3)7-6-12(11)10-21-15-14(16(17,18)19)5-4-8-20-15/h4-9H,10H2,1-3H3,(H,20,21). The van der Waals surface area contributed by atoms with Gasteiger partial charge in [0.05, 0.1) is 5.56 Å². The Morgan fingerprint density at radius 3 is 2.50 bits per heavy atom. The van der Waals surface area contributed by atoms with Gasteiger partial charge in [0, 0.05) is 32.5 Å². The van der Waals surface area contributed by atoms with Crippen LogP contribution in [-0.2, 0) is 12.7 Å². The molecule has 0 fully saturated rings. The zero-order chi connectivity index (χ0) is 16.3. The fraction of sp³-hybridized carbons (Fsp3) is 0.312. The molecule has 0 spiro atoms. The summed E-state index contributed by atoms with van der Waals surface area (Å²) < 4.78 is 38.7. The normalized spacial score (nSPS) is 11.4. The predicted molar refractivity (Wildman–Crippen MR) is 82.1 cm³/mol. The Morgan fingerprint density at radius 2 is 1.91 bits per heavy atom. The molecule has 1 aromatic carbocycles. The molecule has 1 aromatic heterocycles. The van der Waals surface area contributed by atoms with Gasteiger partial charge in [-0.1, -0.05) is 6.07 Å². The lowest BCUT2D eigenvalue weighted by Gasteiger charge is -2.17. The molecule has 1 heterocycles. The van der Waals surface area contributed by atoms with Crippen molar-refractivity contribution in [2.24, 2.45) is 0 Å². The second-order valence-corrected chi connectivity index (χ2v) is 5.26. The zero-order valence-corrected chi connectivity index (χ0v) is 12.7. The third-order valence-corrected chi connectivity index (χ3v) is 3.40. The lowest BCUT2D eigenvalue weighted by Crippen LogP contribution is -2.13. The van der Waals surface area contributed by atoms with Crippen molar-refractivity contribution < 1.29 is 13.2 Å². The highest BCUT2D eigenvalue weighted by atomic mass is 19.4. The highest BCUT2D eigenvalue weighted by molar-refractivity contribution is 5.51. The minimum absolute atomic E-state index is 0.147. The summed E-state index contributed by atoms with van der Waals surface area (Å²) in [6.07, 6.45) is -3.07. The molecule has 0 atom stereocenters. The summed E-state index contributed by atoms with van der Waals surface area (Å²) in [6.45, 7) is 2.23. The molecular weight excluding hydrogens is 291 g/mol. The highest BCUT2D eigenvalue weighted by Crippen LogP contribution is 2.33. The number of anilines is 2. The van der Waals surface area contributed by atoms with Crippen molar-refractivity contribution in [2.75, 3.05) is 24.3 Å². The van der Waals surface area contributed by atoms with Crippen LogP contribution >= 0.6 is 0 Å². The molecule has 2 rings (SSSR count). The van der Waals surface area contributed by atoms with Crippen molar-refractivity contribution >= 4 is 11.5 Å². The number of aromatic nitrogens is 1. The van der Waals surface area contributed by atoms with E-state index in [1.807, 2.05) is 44.1 Å². The van der Waals surface area contributed by atoms with Crippen LogP contribution in [0.1, 0.15) is 16.7 Å². The molecule has 3 nitrogen and oxygen atoms in total. The number of aryl methyl sites for hydroxylation is 1. The van der Waals surface area contributed by atoms with Gasteiger partial charge in [-0.2, -0.15) is 13.2 Å². The number of halogens is 3. The van der Waals surface area contributed by atoms with Gasteiger partial charge in [0.1, 0.15) is 5.82 Å². The van der Waals surface area contributed by atoms with Gasteiger partial charge in [-0.3, -0.25) is 0 Å². The van der Waals surface area contributed by atoms with Crippen molar-refractivity contribution in [3.05, 3.63) is 53.2 Å². The summed E-state index contributed by atoms with van der Waals surface area (Å²) in [5.41, 5.74) is 2.25. The van der Waals surface area contributed by atoms with Crippen LogP contribution in [0.15, 0.2) is 36.5 Å². The molecule has 0 unspecified atom stereocenters. The first-order valence-electron chi connectivity index (χ1n) is 6.82. The summed E-state index contributed by atoms with van der Waals surface area (Å²) in [7, 11) is 3.88. The molecule has 6 heteroatoms. The second kappa shape index (κ2) is 6.25. The molecule has 0 radical (unpaired) electrons. The number of nitrogens with zero attached hydrogens (tertiary/aromatic N) is 2. The number of pyridine rings is 1. The van der Waals surface area contributed by atoms with Crippen LogP contribution in [-0.4, -0.2) is 19.1 Å². The SMILES string of the molecule is Cc1cc(N(C)C)ccc1CNc1ncccc1C(F)(F)F. The third-order valence-electron chi connectivity index (χ3n) is 3.40. The van der Waals surface area contributed by atoms with Crippen LogP contribution in [0.3, 0.4) is 0 Å². The average Bonchev–Trinajstić information content (AvgIpc) is 2.45. The molecule has 0 aliphatic heterocycles. The van der Waals surface area contributed by atoms with E-state index in [9.17, 15) is 13.2 Å². The van der Waals surface area contributed by atoms with Gasteiger partial charge >= 0.3 is 6.18 Å². The minimum Gasteiger partial charge on any atom is -0.378 e. The van der Waals surface area contributed by atoms with Crippen molar-refractivity contribution in [1.29, 1.82) is 0 Å². The lowest BCUT2D eigenvalue weighted by molar-refractivity contribution is -0.137. The molecule has 118 valence electrons. The number of hydrogen-bond acceptors (Lipinski definition) is 3. The number of hydrogen-bond donors (Lipinski definition) is 1. The molecule has 0 amide bonds. The monoisotopic (exact) mass is 309 g/mol. The van der Waals surface area contributed by atoms with E-state index in [1.165, 1.54) is 12.3 Å². The molecule has 2 aromatic rings. The Hall–Kier alpha value is -2.24. The molecule has 0 aliphatic rings. The summed E-state index contributed by atoms with van der Waals surface area (Å²) in [4.78, 5) is 5.77. The number of nitrogens with one attached hydrogen (secondary N) is 1. The second-order valence-electron chi connectivity index (χ2n) is 5.26. The quantitative estimate of drug-likeness (QED) is 0.922. The van der Waals surface area contributed by atoms with Gasteiger partial charge in [-0.15, -0.1) is 0 Å². The Bertz CT molecular complexity index is 651. The first kappa shape index (κ1) is 16.1. The van der Waals surface area contributed by atoms with Crippen molar-refractivity contribution in [3.8, 4) is 0 Å². The van der Waals surface area contributed by atoms with Crippen LogP contribution in [0.5, 0.6) is 0 Å². The average molecular weight is 309 g/mol. The maximum absolute atomic E-state index is 12.9. The number of benzene rings is 1. The fourth-order valence-corrected chi connectivity index (χ4v) is 2.11.